The fraction of sp³-hybridized carbons (Fsp3) is 0.364. The molecule has 1 rings (SSSR count). The topological polar surface area (TPSA) is 62.3 Å². The molecule has 0 bridgehead atoms. The number of hydrogen-bond acceptors (Lipinski definition) is 3. The molecular formula is C11H14BrN3O2. The molecule has 0 aliphatic carbocycles. The van der Waals surface area contributed by atoms with E-state index in [1.165, 1.54) is 11.1 Å². The number of pyridine rings is 1. The Bertz CT molecular complexity index is 423. The Balaban J connectivity index is 2.82. The molecule has 1 aromatic rings. The van der Waals surface area contributed by atoms with Gasteiger partial charge in [0.1, 0.15) is 0 Å². The molecule has 0 saturated heterocycles. The van der Waals surface area contributed by atoms with Crippen molar-refractivity contribution in [3.8, 4) is 0 Å². The van der Waals surface area contributed by atoms with E-state index in [1.54, 1.807) is 19.3 Å². The molecule has 0 atom stereocenters. The number of rotatable bonds is 4. The van der Waals surface area contributed by atoms with Gasteiger partial charge in [-0.15, -0.1) is 0 Å². The molecule has 0 radical (unpaired) electrons. The molecule has 0 unspecified atom stereocenters. The third-order valence-electron chi connectivity index (χ3n) is 2.23. The summed E-state index contributed by atoms with van der Waals surface area (Å²) in [5.41, 5.74) is 0.463. The van der Waals surface area contributed by atoms with Gasteiger partial charge in [0, 0.05) is 30.5 Å². The molecule has 5 nitrogen and oxygen atoms in total. The summed E-state index contributed by atoms with van der Waals surface area (Å²) in [6, 6.07) is 1.68. The molecule has 0 saturated carbocycles. The Kier molecular flexibility index (Phi) is 5.09. The van der Waals surface area contributed by atoms with Gasteiger partial charge in [-0.25, -0.2) is 0 Å². The summed E-state index contributed by atoms with van der Waals surface area (Å²) in [7, 11) is 1.54. The Hall–Kier alpha value is -1.43. The predicted molar refractivity (Wildman–Crippen MR) is 67.6 cm³/mol. The molecule has 17 heavy (non-hydrogen) atoms. The van der Waals surface area contributed by atoms with E-state index in [9.17, 15) is 9.59 Å². The first-order valence-electron chi connectivity index (χ1n) is 5.19. The van der Waals surface area contributed by atoms with Gasteiger partial charge in [-0.05, 0) is 28.9 Å². The number of amides is 2. The normalized spacial score (nSPS) is 9.82. The molecule has 0 spiro atoms. The van der Waals surface area contributed by atoms with Crippen LogP contribution in [0.1, 0.15) is 17.3 Å². The molecule has 92 valence electrons. The number of carbonyl (C=O) groups is 2. The van der Waals surface area contributed by atoms with Gasteiger partial charge in [0.15, 0.2) is 0 Å². The van der Waals surface area contributed by atoms with Crippen LogP contribution < -0.4 is 5.32 Å². The van der Waals surface area contributed by atoms with E-state index in [1.807, 2.05) is 6.92 Å². The van der Waals surface area contributed by atoms with Crippen molar-refractivity contribution >= 4 is 27.7 Å². The van der Waals surface area contributed by atoms with Crippen molar-refractivity contribution in [2.45, 2.75) is 6.92 Å². The minimum absolute atomic E-state index is 0.0539. The van der Waals surface area contributed by atoms with Crippen LogP contribution in [0.2, 0.25) is 0 Å². The molecule has 1 aromatic heterocycles. The van der Waals surface area contributed by atoms with Crippen molar-refractivity contribution in [1.82, 2.24) is 15.2 Å². The van der Waals surface area contributed by atoms with Crippen LogP contribution in [-0.4, -0.2) is 41.8 Å². The maximum absolute atomic E-state index is 12.1. The van der Waals surface area contributed by atoms with Gasteiger partial charge >= 0.3 is 0 Å². The van der Waals surface area contributed by atoms with Crippen LogP contribution >= 0.6 is 15.9 Å². The van der Waals surface area contributed by atoms with E-state index in [0.29, 0.717) is 12.1 Å². The first-order valence-corrected chi connectivity index (χ1v) is 5.98. The number of nitrogens with zero attached hydrogens (tertiary/aromatic N) is 2. The minimum atomic E-state index is -0.204. The van der Waals surface area contributed by atoms with Gasteiger partial charge < -0.3 is 10.2 Å². The van der Waals surface area contributed by atoms with Crippen molar-refractivity contribution in [3.05, 3.63) is 28.5 Å². The lowest BCUT2D eigenvalue weighted by Crippen LogP contribution is -2.39. The monoisotopic (exact) mass is 299 g/mol. The maximum atomic E-state index is 12.1. The molecule has 2 amide bonds. The fourth-order valence-electron chi connectivity index (χ4n) is 1.29. The van der Waals surface area contributed by atoms with Gasteiger partial charge in [-0.2, -0.15) is 0 Å². The molecule has 0 fully saturated rings. The van der Waals surface area contributed by atoms with Gasteiger partial charge in [0.25, 0.3) is 5.91 Å². The van der Waals surface area contributed by atoms with E-state index in [0.717, 1.165) is 4.47 Å². The summed E-state index contributed by atoms with van der Waals surface area (Å²) in [6.07, 6.45) is 3.09. The first-order chi connectivity index (χ1) is 8.08. The van der Waals surface area contributed by atoms with Gasteiger partial charge in [0.2, 0.25) is 5.91 Å². The molecule has 1 heterocycles. The van der Waals surface area contributed by atoms with Crippen LogP contribution in [0.3, 0.4) is 0 Å². The van der Waals surface area contributed by atoms with Crippen LogP contribution in [0.4, 0.5) is 0 Å². The zero-order valence-electron chi connectivity index (χ0n) is 9.74. The summed E-state index contributed by atoms with van der Waals surface area (Å²) in [4.78, 5) is 28.7. The van der Waals surface area contributed by atoms with Crippen molar-refractivity contribution in [2.24, 2.45) is 0 Å². The van der Waals surface area contributed by atoms with Gasteiger partial charge in [-0.3, -0.25) is 14.6 Å². The number of likely N-dealkylation sites (N-methyl/N-ethyl adjacent to an activating group) is 2. The Morgan fingerprint density at radius 3 is 2.71 bits per heavy atom. The average molecular weight is 300 g/mol. The van der Waals surface area contributed by atoms with Crippen molar-refractivity contribution in [2.75, 3.05) is 20.1 Å². The largest absolute Gasteiger partial charge is 0.358 e. The lowest BCUT2D eigenvalue weighted by molar-refractivity contribution is -0.121. The summed E-state index contributed by atoms with van der Waals surface area (Å²) in [6.45, 7) is 2.35. The van der Waals surface area contributed by atoms with Gasteiger partial charge in [0.05, 0.1) is 12.1 Å². The second-order valence-electron chi connectivity index (χ2n) is 3.38. The number of aromatic nitrogens is 1. The van der Waals surface area contributed by atoms with Crippen molar-refractivity contribution in [1.29, 1.82) is 0 Å². The Morgan fingerprint density at radius 2 is 2.18 bits per heavy atom. The highest BCUT2D eigenvalue weighted by atomic mass is 79.9. The summed E-state index contributed by atoms with van der Waals surface area (Å²) >= 11 is 3.25. The minimum Gasteiger partial charge on any atom is -0.358 e. The highest BCUT2D eigenvalue weighted by Gasteiger charge is 2.17. The van der Waals surface area contributed by atoms with E-state index < -0.39 is 0 Å². The van der Waals surface area contributed by atoms with E-state index in [-0.39, 0.29) is 18.4 Å². The first kappa shape index (κ1) is 13.6. The highest BCUT2D eigenvalue weighted by Crippen LogP contribution is 2.11. The molecule has 0 aliphatic heterocycles. The number of hydrogen-bond donors (Lipinski definition) is 1. The number of nitrogens with one attached hydrogen (secondary N) is 1. The second-order valence-corrected chi connectivity index (χ2v) is 4.30. The third-order valence-corrected chi connectivity index (χ3v) is 2.67. The predicted octanol–water partition coefficient (Wildman–Crippen LogP) is 1.05. The SMILES string of the molecule is CCN(CC(=O)NC)C(=O)c1cncc(Br)c1. The molecule has 0 aromatic carbocycles. The van der Waals surface area contributed by atoms with E-state index in [4.69, 9.17) is 0 Å². The summed E-state index contributed by atoms with van der Waals surface area (Å²) in [5, 5.41) is 2.49. The second kappa shape index (κ2) is 6.34. The number of halogens is 1. The average Bonchev–Trinajstić information content (AvgIpc) is 2.34. The summed E-state index contributed by atoms with van der Waals surface area (Å²) in [5.74, 6) is -0.395. The van der Waals surface area contributed by atoms with Crippen LogP contribution in [0, 0.1) is 0 Å². The standard InChI is InChI=1S/C11H14BrN3O2/c1-3-15(7-10(16)13-2)11(17)8-4-9(12)6-14-5-8/h4-6H,3,7H2,1-2H3,(H,13,16). The fourth-order valence-corrected chi connectivity index (χ4v) is 1.66. The van der Waals surface area contributed by atoms with Gasteiger partial charge in [-0.1, -0.05) is 0 Å². The van der Waals surface area contributed by atoms with Crippen molar-refractivity contribution in [3.63, 3.8) is 0 Å². The van der Waals surface area contributed by atoms with Crippen molar-refractivity contribution < 1.29 is 9.59 Å². The van der Waals surface area contributed by atoms with E-state index in [2.05, 4.69) is 26.2 Å². The van der Waals surface area contributed by atoms with E-state index >= 15 is 0 Å². The zero-order valence-corrected chi connectivity index (χ0v) is 11.3. The van der Waals surface area contributed by atoms with Crippen LogP contribution in [0.25, 0.3) is 0 Å². The molecule has 1 N–H and O–H groups in total. The zero-order chi connectivity index (χ0) is 12.8. The van der Waals surface area contributed by atoms with Crippen LogP contribution in [-0.2, 0) is 4.79 Å². The highest BCUT2D eigenvalue weighted by molar-refractivity contribution is 9.10. The molecule has 6 heteroatoms. The molecular weight excluding hydrogens is 286 g/mol. The Labute approximate surface area is 108 Å². The Morgan fingerprint density at radius 1 is 1.47 bits per heavy atom. The molecule has 0 aliphatic rings. The quantitative estimate of drug-likeness (QED) is 0.904. The number of carbonyl (C=O) groups excluding carboxylic acids is 2. The third kappa shape index (κ3) is 3.81. The lowest BCUT2D eigenvalue weighted by atomic mass is 10.2. The smallest absolute Gasteiger partial charge is 0.255 e. The van der Waals surface area contributed by atoms with Crippen LogP contribution in [0.5, 0.6) is 0 Å². The lowest BCUT2D eigenvalue weighted by Gasteiger charge is -2.19. The summed E-state index contributed by atoms with van der Waals surface area (Å²) < 4.78 is 0.736. The maximum Gasteiger partial charge on any atom is 0.255 e. The van der Waals surface area contributed by atoms with Crippen LogP contribution in [0.15, 0.2) is 22.9 Å².